The fourth-order valence-corrected chi connectivity index (χ4v) is 2.91. The SMILES string of the molecule is COCc1ccc(NC(=O)c2cc(NC(=O)c3cnc(N)s3)c(F)cc2F)nc1. The summed E-state index contributed by atoms with van der Waals surface area (Å²) in [4.78, 5) is 32.4. The fraction of sp³-hybridized carbons (Fsp3) is 0.111. The zero-order valence-corrected chi connectivity index (χ0v) is 15.8. The lowest BCUT2D eigenvalue weighted by atomic mass is 10.1. The molecule has 150 valence electrons. The van der Waals surface area contributed by atoms with Crippen molar-refractivity contribution in [3.8, 4) is 0 Å². The third-order valence-corrected chi connectivity index (χ3v) is 4.50. The molecule has 4 N–H and O–H groups in total. The number of aromatic nitrogens is 2. The number of carbonyl (C=O) groups is 2. The smallest absolute Gasteiger partial charge is 0.267 e. The molecule has 2 amide bonds. The molecule has 11 heteroatoms. The number of hydrogen-bond donors (Lipinski definition) is 3. The molecule has 0 bridgehead atoms. The Kier molecular flexibility index (Phi) is 6.10. The highest BCUT2D eigenvalue weighted by Crippen LogP contribution is 2.23. The van der Waals surface area contributed by atoms with Crippen LogP contribution in [0.5, 0.6) is 0 Å². The van der Waals surface area contributed by atoms with Crippen LogP contribution in [0.15, 0.2) is 36.7 Å². The molecule has 2 aromatic heterocycles. The van der Waals surface area contributed by atoms with Crippen molar-refractivity contribution in [1.29, 1.82) is 0 Å². The highest BCUT2D eigenvalue weighted by molar-refractivity contribution is 7.17. The molecule has 0 radical (unpaired) electrons. The van der Waals surface area contributed by atoms with Crippen LogP contribution in [0.3, 0.4) is 0 Å². The molecule has 3 rings (SSSR count). The predicted molar refractivity (Wildman–Crippen MR) is 104 cm³/mol. The Morgan fingerprint density at radius 3 is 2.52 bits per heavy atom. The molecular weight excluding hydrogens is 404 g/mol. The number of nitrogen functional groups attached to an aromatic ring is 1. The number of ether oxygens (including phenoxy) is 1. The second kappa shape index (κ2) is 8.71. The largest absolute Gasteiger partial charge is 0.380 e. The average Bonchev–Trinajstić information content (AvgIpc) is 3.12. The molecule has 0 saturated heterocycles. The number of carbonyl (C=O) groups excluding carboxylic acids is 2. The number of benzene rings is 1. The second-order valence-corrected chi connectivity index (χ2v) is 6.83. The van der Waals surface area contributed by atoms with Gasteiger partial charge in [0.15, 0.2) is 5.13 Å². The number of halogens is 2. The zero-order chi connectivity index (χ0) is 21.0. The standard InChI is InChI=1S/C18H15F2N5O3S/c1-28-8-9-2-3-15(22-6-9)25-16(26)10-4-13(12(20)5-11(10)19)24-17(27)14-7-23-18(21)29-14/h2-7H,8H2,1H3,(H2,21,23)(H,24,27)(H,22,25,26). The zero-order valence-electron chi connectivity index (χ0n) is 15.0. The van der Waals surface area contributed by atoms with Gasteiger partial charge in [-0.05, 0) is 17.7 Å². The Bertz CT molecular complexity index is 1060. The average molecular weight is 419 g/mol. The third kappa shape index (κ3) is 4.89. The van der Waals surface area contributed by atoms with Crippen LogP contribution in [0.2, 0.25) is 0 Å². The van der Waals surface area contributed by atoms with Gasteiger partial charge in [0.25, 0.3) is 11.8 Å². The molecule has 0 fully saturated rings. The van der Waals surface area contributed by atoms with Crippen LogP contribution < -0.4 is 16.4 Å². The Morgan fingerprint density at radius 1 is 1.10 bits per heavy atom. The van der Waals surface area contributed by atoms with E-state index in [2.05, 4.69) is 20.6 Å². The Balaban J connectivity index is 1.78. The maximum atomic E-state index is 14.1. The lowest BCUT2D eigenvalue weighted by Gasteiger charge is -2.10. The first-order valence-corrected chi connectivity index (χ1v) is 8.96. The van der Waals surface area contributed by atoms with Crippen LogP contribution in [0.1, 0.15) is 25.6 Å². The quantitative estimate of drug-likeness (QED) is 0.565. The normalized spacial score (nSPS) is 10.6. The number of hydrogen-bond acceptors (Lipinski definition) is 7. The van der Waals surface area contributed by atoms with E-state index in [9.17, 15) is 18.4 Å². The van der Waals surface area contributed by atoms with Crippen LogP contribution in [-0.4, -0.2) is 28.9 Å². The number of nitrogens with two attached hydrogens (primary N) is 1. The van der Waals surface area contributed by atoms with Crippen molar-refractivity contribution in [3.05, 3.63) is 64.3 Å². The minimum Gasteiger partial charge on any atom is -0.380 e. The van der Waals surface area contributed by atoms with Crippen LogP contribution in [0.4, 0.5) is 25.4 Å². The summed E-state index contributed by atoms with van der Waals surface area (Å²) in [5.74, 6) is -3.49. The van der Waals surface area contributed by atoms with E-state index in [1.165, 1.54) is 25.6 Å². The monoisotopic (exact) mass is 419 g/mol. The molecule has 1 aromatic carbocycles. The Morgan fingerprint density at radius 2 is 1.90 bits per heavy atom. The maximum absolute atomic E-state index is 14.1. The van der Waals surface area contributed by atoms with Gasteiger partial charge in [0.2, 0.25) is 0 Å². The van der Waals surface area contributed by atoms with E-state index in [1.807, 2.05) is 0 Å². The first kappa shape index (κ1) is 20.3. The van der Waals surface area contributed by atoms with Gasteiger partial charge < -0.3 is 21.1 Å². The van der Waals surface area contributed by atoms with Gasteiger partial charge in [-0.2, -0.15) is 0 Å². The van der Waals surface area contributed by atoms with E-state index in [0.717, 1.165) is 23.0 Å². The topological polar surface area (TPSA) is 119 Å². The van der Waals surface area contributed by atoms with Gasteiger partial charge in [-0.1, -0.05) is 17.4 Å². The summed E-state index contributed by atoms with van der Waals surface area (Å²) in [5, 5.41) is 4.85. The summed E-state index contributed by atoms with van der Waals surface area (Å²) in [5.41, 5.74) is 5.42. The van der Waals surface area contributed by atoms with Crippen molar-refractivity contribution >= 4 is 39.8 Å². The number of amides is 2. The third-order valence-electron chi connectivity index (χ3n) is 3.67. The van der Waals surface area contributed by atoms with Gasteiger partial charge in [0.05, 0.1) is 24.1 Å². The molecule has 0 aliphatic carbocycles. The number of anilines is 3. The molecule has 0 spiro atoms. The number of methoxy groups -OCH3 is 1. The van der Waals surface area contributed by atoms with Crippen molar-refractivity contribution in [2.45, 2.75) is 6.61 Å². The highest BCUT2D eigenvalue weighted by atomic mass is 32.1. The van der Waals surface area contributed by atoms with Crippen molar-refractivity contribution < 1.29 is 23.1 Å². The lowest BCUT2D eigenvalue weighted by molar-refractivity contribution is 0.101. The van der Waals surface area contributed by atoms with E-state index in [4.69, 9.17) is 10.5 Å². The van der Waals surface area contributed by atoms with Crippen LogP contribution in [-0.2, 0) is 11.3 Å². The fourth-order valence-electron chi connectivity index (χ4n) is 2.33. The number of nitrogens with zero attached hydrogens (tertiary/aromatic N) is 2. The van der Waals surface area contributed by atoms with Crippen LogP contribution in [0.25, 0.3) is 0 Å². The first-order valence-electron chi connectivity index (χ1n) is 8.14. The Hall–Kier alpha value is -3.44. The molecule has 8 nitrogen and oxygen atoms in total. The summed E-state index contributed by atoms with van der Waals surface area (Å²) < 4.78 is 33.2. The highest BCUT2D eigenvalue weighted by Gasteiger charge is 2.19. The molecule has 0 saturated carbocycles. The van der Waals surface area contributed by atoms with E-state index in [1.54, 1.807) is 6.07 Å². The van der Waals surface area contributed by atoms with Crippen molar-refractivity contribution in [1.82, 2.24) is 9.97 Å². The van der Waals surface area contributed by atoms with E-state index in [0.29, 0.717) is 12.7 Å². The van der Waals surface area contributed by atoms with E-state index >= 15 is 0 Å². The second-order valence-electron chi connectivity index (χ2n) is 5.77. The van der Waals surface area contributed by atoms with E-state index in [-0.39, 0.29) is 21.5 Å². The molecule has 0 atom stereocenters. The molecule has 0 unspecified atom stereocenters. The molecule has 2 heterocycles. The summed E-state index contributed by atoms with van der Waals surface area (Å²) in [7, 11) is 1.53. The number of thiazole rings is 1. The molecule has 0 aliphatic heterocycles. The number of pyridine rings is 1. The van der Waals surface area contributed by atoms with E-state index < -0.39 is 29.0 Å². The maximum Gasteiger partial charge on any atom is 0.267 e. The summed E-state index contributed by atoms with van der Waals surface area (Å²) in [6.45, 7) is 0.349. The molecular formula is C18H15F2N5O3S. The predicted octanol–water partition coefficient (Wildman–Crippen LogP) is 3.05. The summed E-state index contributed by atoms with van der Waals surface area (Å²) >= 11 is 0.903. The van der Waals surface area contributed by atoms with Crippen molar-refractivity contribution in [2.75, 3.05) is 23.5 Å². The summed E-state index contributed by atoms with van der Waals surface area (Å²) in [6.07, 6.45) is 2.72. The minimum absolute atomic E-state index is 0.137. The van der Waals surface area contributed by atoms with Gasteiger partial charge in [0, 0.05) is 19.4 Å². The van der Waals surface area contributed by atoms with Gasteiger partial charge >= 0.3 is 0 Å². The molecule has 3 aromatic rings. The Labute approximate surface area is 167 Å². The van der Waals surface area contributed by atoms with Crippen LogP contribution in [0, 0.1) is 11.6 Å². The first-order chi connectivity index (χ1) is 13.9. The van der Waals surface area contributed by atoms with Crippen molar-refractivity contribution in [3.63, 3.8) is 0 Å². The minimum atomic E-state index is -1.09. The van der Waals surface area contributed by atoms with Gasteiger partial charge in [-0.15, -0.1) is 0 Å². The number of rotatable bonds is 6. The van der Waals surface area contributed by atoms with Gasteiger partial charge in [-0.3, -0.25) is 9.59 Å². The molecule has 0 aliphatic rings. The lowest BCUT2D eigenvalue weighted by Crippen LogP contribution is -2.17. The van der Waals surface area contributed by atoms with Crippen LogP contribution >= 0.6 is 11.3 Å². The molecule has 29 heavy (non-hydrogen) atoms. The van der Waals surface area contributed by atoms with Crippen molar-refractivity contribution in [2.24, 2.45) is 0 Å². The summed E-state index contributed by atoms with van der Waals surface area (Å²) in [6, 6.07) is 4.62. The van der Waals surface area contributed by atoms with Gasteiger partial charge in [0.1, 0.15) is 22.3 Å². The van der Waals surface area contributed by atoms with Gasteiger partial charge in [-0.25, -0.2) is 18.7 Å². The number of nitrogens with one attached hydrogen (secondary N) is 2.